The number of nitrogens with one attached hydrogen (secondary N) is 2. The van der Waals surface area contributed by atoms with Crippen molar-refractivity contribution in [3.63, 3.8) is 0 Å². The molecule has 4 aromatic rings. The Morgan fingerprint density at radius 1 is 0.828 bits per heavy atom. The average Bonchev–Trinajstić information content (AvgIpc) is 2.75. The number of pyridine rings is 2. The summed E-state index contributed by atoms with van der Waals surface area (Å²) in [6.45, 7) is 1.50. The summed E-state index contributed by atoms with van der Waals surface area (Å²) in [5.41, 5.74) is 3.35. The maximum atomic E-state index is 12.4. The van der Waals surface area contributed by atoms with Gasteiger partial charge < -0.3 is 10.6 Å². The molecule has 0 atom stereocenters. The summed E-state index contributed by atoms with van der Waals surface area (Å²) in [4.78, 5) is 32.5. The molecule has 142 valence electrons. The van der Waals surface area contributed by atoms with Crippen LogP contribution in [0.4, 0.5) is 17.2 Å². The highest BCUT2D eigenvalue weighted by atomic mass is 16.1. The van der Waals surface area contributed by atoms with Crippen LogP contribution in [0.15, 0.2) is 79.1 Å². The molecule has 0 saturated heterocycles. The van der Waals surface area contributed by atoms with Gasteiger partial charge in [-0.05, 0) is 55.5 Å². The first-order chi connectivity index (χ1) is 14.1. The van der Waals surface area contributed by atoms with Crippen LogP contribution in [0.1, 0.15) is 27.6 Å². The number of nitrogens with zero attached hydrogens (tertiary/aromatic N) is 2. The van der Waals surface area contributed by atoms with Gasteiger partial charge in [0.05, 0.1) is 16.8 Å². The topological polar surface area (TPSA) is 84.0 Å². The SMILES string of the molecule is CC(=O)c1ccc(NC(=O)c2ccc(Nc3cccc4cccnc34)nc2)cc1. The lowest BCUT2D eigenvalue weighted by molar-refractivity contribution is 0.101. The van der Waals surface area contributed by atoms with Gasteiger partial charge in [0.25, 0.3) is 5.91 Å². The van der Waals surface area contributed by atoms with Gasteiger partial charge in [-0.1, -0.05) is 18.2 Å². The number of benzene rings is 2. The molecule has 0 aliphatic carbocycles. The number of ketones is 1. The monoisotopic (exact) mass is 382 g/mol. The maximum absolute atomic E-state index is 12.4. The van der Waals surface area contributed by atoms with E-state index in [0.717, 1.165) is 16.6 Å². The van der Waals surface area contributed by atoms with Crippen LogP contribution in [0.25, 0.3) is 10.9 Å². The number of para-hydroxylation sites is 1. The van der Waals surface area contributed by atoms with Crippen molar-refractivity contribution in [2.45, 2.75) is 6.92 Å². The van der Waals surface area contributed by atoms with Crippen LogP contribution in [-0.2, 0) is 0 Å². The molecule has 0 unspecified atom stereocenters. The largest absolute Gasteiger partial charge is 0.338 e. The van der Waals surface area contributed by atoms with Crippen LogP contribution >= 0.6 is 0 Å². The number of carbonyl (C=O) groups is 2. The molecule has 2 aromatic heterocycles. The Balaban J connectivity index is 1.47. The van der Waals surface area contributed by atoms with E-state index in [1.807, 2.05) is 30.3 Å². The quantitative estimate of drug-likeness (QED) is 0.483. The lowest BCUT2D eigenvalue weighted by Gasteiger charge is -2.09. The summed E-state index contributed by atoms with van der Waals surface area (Å²) >= 11 is 0. The third-order valence-electron chi connectivity index (χ3n) is 4.47. The Morgan fingerprint density at radius 2 is 1.59 bits per heavy atom. The zero-order chi connectivity index (χ0) is 20.2. The van der Waals surface area contributed by atoms with Crippen molar-refractivity contribution in [3.05, 3.63) is 90.3 Å². The van der Waals surface area contributed by atoms with E-state index in [2.05, 4.69) is 20.6 Å². The van der Waals surface area contributed by atoms with Crippen molar-refractivity contribution in [3.8, 4) is 0 Å². The van der Waals surface area contributed by atoms with E-state index in [4.69, 9.17) is 0 Å². The minimum atomic E-state index is -0.272. The molecule has 2 aromatic carbocycles. The van der Waals surface area contributed by atoms with Crippen molar-refractivity contribution >= 4 is 39.8 Å². The van der Waals surface area contributed by atoms with Crippen molar-refractivity contribution in [2.24, 2.45) is 0 Å². The van der Waals surface area contributed by atoms with Crippen LogP contribution in [0.3, 0.4) is 0 Å². The Labute approximate surface area is 167 Å². The van der Waals surface area contributed by atoms with Gasteiger partial charge >= 0.3 is 0 Å². The van der Waals surface area contributed by atoms with Crippen molar-refractivity contribution in [2.75, 3.05) is 10.6 Å². The number of anilines is 3. The molecule has 4 rings (SSSR count). The Hall–Kier alpha value is -4.06. The summed E-state index contributed by atoms with van der Waals surface area (Å²) in [6.07, 6.45) is 3.26. The molecule has 0 fully saturated rings. The van der Waals surface area contributed by atoms with E-state index < -0.39 is 0 Å². The Kier molecular flexibility index (Phi) is 4.99. The number of hydrogen-bond donors (Lipinski definition) is 2. The third-order valence-corrected chi connectivity index (χ3v) is 4.47. The minimum Gasteiger partial charge on any atom is -0.338 e. The second-order valence-corrected chi connectivity index (χ2v) is 6.53. The lowest BCUT2D eigenvalue weighted by Crippen LogP contribution is -2.12. The average molecular weight is 382 g/mol. The van der Waals surface area contributed by atoms with E-state index in [1.54, 1.807) is 42.6 Å². The molecule has 0 radical (unpaired) electrons. The van der Waals surface area contributed by atoms with Crippen molar-refractivity contribution in [1.29, 1.82) is 0 Å². The zero-order valence-electron chi connectivity index (χ0n) is 15.7. The number of aromatic nitrogens is 2. The highest BCUT2D eigenvalue weighted by Gasteiger charge is 2.09. The lowest BCUT2D eigenvalue weighted by atomic mass is 10.1. The summed E-state index contributed by atoms with van der Waals surface area (Å²) in [5, 5.41) is 7.07. The number of fused-ring (bicyclic) bond motifs is 1. The molecule has 0 bridgehead atoms. The Morgan fingerprint density at radius 3 is 2.31 bits per heavy atom. The normalized spacial score (nSPS) is 10.5. The van der Waals surface area contributed by atoms with Crippen molar-refractivity contribution < 1.29 is 9.59 Å². The molecular formula is C23H18N4O2. The summed E-state index contributed by atoms with van der Waals surface area (Å²) in [5.74, 6) is 0.327. The van der Waals surface area contributed by atoms with Crippen LogP contribution < -0.4 is 10.6 Å². The standard InChI is InChI=1S/C23H18N4O2/c1-15(28)16-7-10-19(11-8-16)26-23(29)18-9-12-21(25-14-18)27-20-6-2-4-17-5-3-13-24-22(17)20/h2-14H,1H3,(H,25,27)(H,26,29). The van der Waals surface area contributed by atoms with Gasteiger partial charge in [-0.15, -0.1) is 0 Å². The van der Waals surface area contributed by atoms with Gasteiger partial charge in [0, 0.05) is 29.0 Å². The molecular weight excluding hydrogens is 364 g/mol. The number of amides is 1. The van der Waals surface area contributed by atoms with Gasteiger partial charge in [0.1, 0.15) is 5.82 Å². The maximum Gasteiger partial charge on any atom is 0.257 e. The molecule has 6 heteroatoms. The first-order valence-corrected chi connectivity index (χ1v) is 9.09. The van der Waals surface area contributed by atoms with E-state index in [0.29, 0.717) is 22.6 Å². The van der Waals surface area contributed by atoms with Gasteiger partial charge in [0.2, 0.25) is 0 Å². The first kappa shape index (κ1) is 18.3. The van der Waals surface area contributed by atoms with E-state index in [9.17, 15) is 9.59 Å². The van der Waals surface area contributed by atoms with E-state index in [-0.39, 0.29) is 11.7 Å². The van der Waals surface area contributed by atoms with E-state index in [1.165, 1.54) is 13.1 Å². The van der Waals surface area contributed by atoms with Crippen LogP contribution in [0.2, 0.25) is 0 Å². The third kappa shape index (κ3) is 4.11. The molecule has 0 saturated carbocycles. The Bertz CT molecular complexity index is 1180. The molecule has 6 nitrogen and oxygen atoms in total. The van der Waals surface area contributed by atoms with Crippen LogP contribution in [0.5, 0.6) is 0 Å². The summed E-state index contributed by atoms with van der Waals surface area (Å²) < 4.78 is 0. The zero-order valence-corrected chi connectivity index (χ0v) is 15.7. The highest BCUT2D eigenvalue weighted by molar-refractivity contribution is 6.04. The fourth-order valence-electron chi connectivity index (χ4n) is 2.94. The first-order valence-electron chi connectivity index (χ1n) is 9.09. The molecule has 2 heterocycles. The van der Waals surface area contributed by atoms with Crippen LogP contribution in [0, 0.1) is 0 Å². The van der Waals surface area contributed by atoms with E-state index >= 15 is 0 Å². The number of rotatable bonds is 5. The predicted molar refractivity (Wildman–Crippen MR) is 114 cm³/mol. The smallest absolute Gasteiger partial charge is 0.257 e. The predicted octanol–water partition coefficient (Wildman–Crippen LogP) is 4.83. The fourth-order valence-corrected chi connectivity index (χ4v) is 2.94. The molecule has 29 heavy (non-hydrogen) atoms. The minimum absolute atomic E-state index is 0.0171. The fraction of sp³-hybridized carbons (Fsp3) is 0.0435. The second kappa shape index (κ2) is 7.90. The number of Topliss-reactive ketones (excluding diaryl/α,β-unsaturated/α-hetero) is 1. The molecule has 0 aliphatic heterocycles. The van der Waals surface area contributed by atoms with Gasteiger partial charge in [-0.3, -0.25) is 14.6 Å². The molecule has 2 N–H and O–H groups in total. The van der Waals surface area contributed by atoms with Crippen molar-refractivity contribution in [1.82, 2.24) is 9.97 Å². The highest BCUT2D eigenvalue weighted by Crippen LogP contribution is 2.23. The molecule has 1 amide bonds. The van der Waals surface area contributed by atoms with Gasteiger partial charge in [-0.25, -0.2) is 4.98 Å². The summed E-state index contributed by atoms with van der Waals surface area (Å²) in [6, 6.07) is 20.0. The van der Waals surface area contributed by atoms with Gasteiger partial charge in [-0.2, -0.15) is 0 Å². The summed E-state index contributed by atoms with van der Waals surface area (Å²) in [7, 11) is 0. The molecule has 0 aliphatic rings. The number of carbonyl (C=O) groups excluding carboxylic acids is 2. The second-order valence-electron chi connectivity index (χ2n) is 6.53. The number of hydrogen-bond acceptors (Lipinski definition) is 5. The molecule has 0 spiro atoms. The van der Waals surface area contributed by atoms with Crippen LogP contribution in [-0.4, -0.2) is 21.7 Å². The van der Waals surface area contributed by atoms with Gasteiger partial charge in [0.15, 0.2) is 5.78 Å².